The first kappa shape index (κ1) is 16.3. The Bertz CT molecular complexity index is 697. The highest BCUT2D eigenvalue weighted by Crippen LogP contribution is 2.28. The lowest BCUT2D eigenvalue weighted by molar-refractivity contribution is 0.436. The fourth-order valence-electron chi connectivity index (χ4n) is 2.74. The van der Waals surface area contributed by atoms with Gasteiger partial charge in [0.25, 0.3) is 0 Å². The lowest BCUT2D eigenvalue weighted by atomic mass is 9.99. The van der Waals surface area contributed by atoms with Gasteiger partial charge in [-0.2, -0.15) is 0 Å². The topological polar surface area (TPSA) is 41.1 Å². The molecule has 122 valence electrons. The fraction of sp³-hybridized carbons (Fsp3) is 0.412. The van der Waals surface area contributed by atoms with Gasteiger partial charge in [-0.3, -0.25) is 0 Å². The SMILES string of the molecule is Cc1nc(Nc2ccc(Cl)c(Cl)c2)cc(N2CCC(C)CC2)n1. The highest BCUT2D eigenvalue weighted by Gasteiger charge is 2.18. The Hall–Kier alpha value is -1.52. The zero-order valence-electron chi connectivity index (χ0n) is 13.3. The first-order valence-corrected chi connectivity index (χ1v) is 8.59. The maximum Gasteiger partial charge on any atom is 0.136 e. The number of nitrogens with zero attached hydrogens (tertiary/aromatic N) is 3. The second-order valence-electron chi connectivity index (χ2n) is 6.08. The van der Waals surface area contributed by atoms with Crippen LogP contribution in [0.25, 0.3) is 0 Å². The Kier molecular flexibility index (Phi) is 4.93. The molecule has 1 aromatic carbocycles. The molecule has 1 aliphatic heterocycles. The molecule has 3 rings (SSSR count). The van der Waals surface area contributed by atoms with Crippen molar-refractivity contribution >= 4 is 40.5 Å². The third-order valence-corrected chi connectivity index (χ3v) is 4.86. The molecular formula is C17H20Cl2N4. The number of anilines is 3. The summed E-state index contributed by atoms with van der Waals surface area (Å²) in [5.41, 5.74) is 0.857. The molecule has 1 N–H and O–H groups in total. The number of rotatable bonds is 3. The molecule has 1 saturated heterocycles. The second kappa shape index (κ2) is 6.93. The van der Waals surface area contributed by atoms with Crippen molar-refractivity contribution in [2.24, 2.45) is 5.92 Å². The summed E-state index contributed by atoms with van der Waals surface area (Å²) >= 11 is 12.0. The molecule has 6 heteroatoms. The van der Waals surface area contributed by atoms with E-state index in [-0.39, 0.29) is 0 Å². The molecule has 23 heavy (non-hydrogen) atoms. The summed E-state index contributed by atoms with van der Waals surface area (Å²) in [4.78, 5) is 11.4. The van der Waals surface area contributed by atoms with E-state index >= 15 is 0 Å². The van der Waals surface area contributed by atoms with Gasteiger partial charge in [0.2, 0.25) is 0 Å². The number of piperidine rings is 1. The highest BCUT2D eigenvalue weighted by atomic mass is 35.5. The van der Waals surface area contributed by atoms with Gasteiger partial charge in [-0.15, -0.1) is 0 Å². The van der Waals surface area contributed by atoms with Gasteiger partial charge in [-0.25, -0.2) is 9.97 Å². The van der Waals surface area contributed by atoms with E-state index in [1.54, 1.807) is 12.1 Å². The van der Waals surface area contributed by atoms with Crippen molar-refractivity contribution in [3.05, 3.63) is 40.1 Å². The van der Waals surface area contributed by atoms with Crippen LogP contribution in [-0.2, 0) is 0 Å². The molecule has 0 saturated carbocycles. The van der Waals surface area contributed by atoms with Crippen LogP contribution in [0.4, 0.5) is 17.3 Å². The number of halogens is 2. The summed E-state index contributed by atoms with van der Waals surface area (Å²) in [5, 5.41) is 4.34. The molecule has 0 amide bonds. The van der Waals surface area contributed by atoms with E-state index in [4.69, 9.17) is 23.2 Å². The van der Waals surface area contributed by atoms with Crippen LogP contribution >= 0.6 is 23.2 Å². The van der Waals surface area contributed by atoms with Crippen LogP contribution in [0.3, 0.4) is 0 Å². The van der Waals surface area contributed by atoms with Crippen LogP contribution in [0.15, 0.2) is 24.3 Å². The van der Waals surface area contributed by atoms with E-state index in [0.29, 0.717) is 10.0 Å². The third-order valence-electron chi connectivity index (χ3n) is 4.12. The molecule has 2 aromatic rings. The molecule has 0 aliphatic carbocycles. The maximum absolute atomic E-state index is 6.07. The van der Waals surface area contributed by atoms with Crippen molar-refractivity contribution in [2.75, 3.05) is 23.3 Å². The molecule has 1 fully saturated rings. The Labute approximate surface area is 146 Å². The predicted molar refractivity (Wildman–Crippen MR) is 97.1 cm³/mol. The summed E-state index contributed by atoms with van der Waals surface area (Å²) in [5.74, 6) is 3.29. The summed E-state index contributed by atoms with van der Waals surface area (Å²) in [6, 6.07) is 7.44. The van der Waals surface area contributed by atoms with Crippen molar-refractivity contribution < 1.29 is 0 Å². The van der Waals surface area contributed by atoms with E-state index in [1.165, 1.54) is 12.8 Å². The second-order valence-corrected chi connectivity index (χ2v) is 6.90. The summed E-state index contributed by atoms with van der Waals surface area (Å²) in [7, 11) is 0. The zero-order chi connectivity index (χ0) is 16.4. The van der Waals surface area contributed by atoms with Crippen molar-refractivity contribution in [3.8, 4) is 0 Å². The predicted octanol–water partition coefficient (Wildman–Crippen LogP) is 5.07. The molecule has 2 heterocycles. The number of hydrogen-bond acceptors (Lipinski definition) is 4. The van der Waals surface area contributed by atoms with Crippen LogP contribution in [0.2, 0.25) is 10.0 Å². The lowest BCUT2D eigenvalue weighted by Gasteiger charge is -2.31. The monoisotopic (exact) mass is 350 g/mol. The first-order valence-electron chi connectivity index (χ1n) is 7.84. The summed E-state index contributed by atoms with van der Waals surface area (Å²) in [6.07, 6.45) is 2.41. The Morgan fingerprint density at radius 3 is 2.52 bits per heavy atom. The van der Waals surface area contributed by atoms with Crippen molar-refractivity contribution in [1.82, 2.24) is 9.97 Å². The van der Waals surface area contributed by atoms with Gasteiger partial charge in [0.1, 0.15) is 17.5 Å². The summed E-state index contributed by atoms with van der Waals surface area (Å²) in [6.45, 7) is 6.31. The van der Waals surface area contributed by atoms with E-state index in [0.717, 1.165) is 42.2 Å². The molecule has 0 unspecified atom stereocenters. The van der Waals surface area contributed by atoms with Gasteiger partial charge >= 0.3 is 0 Å². The van der Waals surface area contributed by atoms with Crippen LogP contribution in [-0.4, -0.2) is 23.1 Å². The number of hydrogen-bond donors (Lipinski definition) is 1. The number of aromatic nitrogens is 2. The number of benzene rings is 1. The molecule has 0 bridgehead atoms. The normalized spacial score (nSPS) is 15.7. The third kappa shape index (κ3) is 4.06. The van der Waals surface area contributed by atoms with Crippen LogP contribution in [0.1, 0.15) is 25.6 Å². The molecule has 4 nitrogen and oxygen atoms in total. The molecule has 1 aromatic heterocycles. The minimum Gasteiger partial charge on any atom is -0.356 e. The highest BCUT2D eigenvalue weighted by molar-refractivity contribution is 6.42. The van der Waals surface area contributed by atoms with Crippen molar-refractivity contribution in [3.63, 3.8) is 0 Å². The molecule has 0 atom stereocenters. The lowest BCUT2D eigenvalue weighted by Crippen LogP contribution is -2.33. The molecule has 1 aliphatic rings. The fourth-order valence-corrected chi connectivity index (χ4v) is 3.04. The summed E-state index contributed by atoms with van der Waals surface area (Å²) < 4.78 is 0. The van der Waals surface area contributed by atoms with Gasteiger partial charge < -0.3 is 10.2 Å². The molecular weight excluding hydrogens is 331 g/mol. The van der Waals surface area contributed by atoms with E-state index in [9.17, 15) is 0 Å². The average molecular weight is 351 g/mol. The standard InChI is InChI=1S/C17H20Cl2N4/c1-11-5-7-23(8-6-11)17-10-16(20-12(2)21-17)22-13-3-4-14(18)15(19)9-13/h3-4,9-11H,5-8H2,1-2H3,(H,20,21,22). The first-order chi connectivity index (χ1) is 11.0. The molecule has 0 radical (unpaired) electrons. The van der Waals surface area contributed by atoms with Gasteiger partial charge in [0.05, 0.1) is 10.0 Å². The minimum atomic E-state index is 0.521. The number of nitrogens with one attached hydrogen (secondary N) is 1. The average Bonchev–Trinajstić information content (AvgIpc) is 2.51. The Morgan fingerprint density at radius 2 is 1.83 bits per heavy atom. The van der Waals surface area contributed by atoms with Crippen LogP contribution in [0, 0.1) is 12.8 Å². The number of aryl methyl sites for hydroxylation is 1. The minimum absolute atomic E-state index is 0.521. The van der Waals surface area contributed by atoms with Crippen molar-refractivity contribution in [2.45, 2.75) is 26.7 Å². The van der Waals surface area contributed by atoms with Gasteiger partial charge in [-0.1, -0.05) is 30.1 Å². The van der Waals surface area contributed by atoms with Gasteiger partial charge in [-0.05, 0) is 43.9 Å². The van der Waals surface area contributed by atoms with Crippen LogP contribution < -0.4 is 10.2 Å². The maximum atomic E-state index is 6.07. The van der Waals surface area contributed by atoms with E-state index < -0.39 is 0 Å². The Balaban J connectivity index is 1.81. The Morgan fingerprint density at radius 1 is 1.09 bits per heavy atom. The quantitative estimate of drug-likeness (QED) is 0.838. The van der Waals surface area contributed by atoms with E-state index in [2.05, 4.69) is 27.1 Å². The van der Waals surface area contributed by atoms with Gasteiger partial charge in [0.15, 0.2) is 0 Å². The largest absolute Gasteiger partial charge is 0.356 e. The zero-order valence-corrected chi connectivity index (χ0v) is 14.8. The van der Waals surface area contributed by atoms with Crippen LogP contribution in [0.5, 0.6) is 0 Å². The van der Waals surface area contributed by atoms with E-state index in [1.807, 2.05) is 19.1 Å². The molecule has 0 spiro atoms. The smallest absolute Gasteiger partial charge is 0.136 e. The van der Waals surface area contributed by atoms with Crippen molar-refractivity contribution in [1.29, 1.82) is 0 Å². The van der Waals surface area contributed by atoms with Gasteiger partial charge in [0, 0.05) is 24.8 Å².